The van der Waals surface area contributed by atoms with Crippen LogP contribution in [0.15, 0.2) is 53.4 Å². The lowest BCUT2D eigenvalue weighted by Crippen LogP contribution is -2.48. The molecule has 2 rings (SSSR count). The zero-order valence-electron chi connectivity index (χ0n) is 16.8. The molecule has 9 heteroatoms. The molecule has 0 aliphatic heterocycles. The van der Waals surface area contributed by atoms with Gasteiger partial charge in [-0.2, -0.15) is 0 Å². The average Bonchev–Trinajstić information content (AvgIpc) is 2.68. The molecule has 156 valence electrons. The summed E-state index contributed by atoms with van der Waals surface area (Å²) in [6.07, 6.45) is 0. The molecule has 0 spiro atoms. The van der Waals surface area contributed by atoms with Gasteiger partial charge in [-0.1, -0.05) is 38.1 Å². The number of nitrogens with one attached hydrogen (secondary N) is 4. The van der Waals surface area contributed by atoms with Crippen LogP contribution in [0.4, 0.5) is 16.2 Å². The second-order valence-corrected chi connectivity index (χ2v) is 8.72. The summed E-state index contributed by atoms with van der Waals surface area (Å²) in [5, 5.41) is 8.01. The van der Waals surface area contributed by atoms with Gasteiger partial charge in [0, 0.05) is 11.4 Å². The molecule has 4 N–H and O–H groups in total. The summed E-state index contributed by atoms with van der Waals surface area (Å²) in [4.78, 5) is 25.1. The van der Waals surface area contributed by atoms with Crippen LogP contribution >= 0.6 is 0 Å². The van der Waals surface area contributed by atoms with Crippen molar-refractivity contribution in [1.82, 2.24) is 10.0 Å². The first-order valence-corrected chi connectivity index (χ1v) is 10.6. The molecule has 0 aliphatic carbocycles. The largest absolute Gasteiger partial charge is 0.326 e. The predicted molar refractivity (Wildman–Crippen MR) is 113 cm³/mol. The highest BCUT2D eigenvalue weighted by molar-refractivity contribution is 7.89. The van der Waals surface area contributed by atoms with Crippen LogP contribution in [0.3, 0.4) is 0 Å². The molecule has 0 heterocycles. The Morgan fingerprint density at radius 2 is 1.59 bits per heavy atom. The van der Waals surface area contributed by atoms with E-state index in [0.717, 1.165) is 0 Å². The molecule has 0 aromatic heterocycles. The van der Waals surface area contributed by atoms with Gasteiger partial charge in [-0.05, 0) is 49.7 Å². The van der Waals surface area contributed by atoms with Crippen molar-refractivity contribution in [2.75, 3.05) is 17.7 Å². The van der Waals surface area contributed by atoms with Crippen LogP contribution in [0, 0.1) is 12.8 Å². The van der Waals surface area contributed by atoms with Gasteiger partial charge in [0.05, 0.1) is 4.90 Å². The fraction of sp³-hybridized carbons (Fsp3) is 0.300. The summed E-state index contributed by atoms with van der Waals surface area (Å²) in [5.41, 5.74) is 1.48. The van der Waals surface area contributed by atoms with E-state index < -0.39 is 28.0 Å². The summed E-state index contributed by atoms with van der Waals surface area (Å²) >= 11 is 0. The molecule has 0 radical (unpaired) electrons. The lowest BCUT2D eigenvalue weighted by molar-refractivity contribution is -0.118. The lowest BCUT2D eigenvalue weighted by Gasteiger charge is -2.22. The Morgan fingerprint density at radius 1 is 0.931 bits per heavy atom. The third-order valence-corrected chi connectivity index (χ3v) is 5.84. The standard InChI is InChI=1S/C20H26N4O4S/c1-13(2)18(24-20(26)23-15-8-6-5-7-9-15)19(25)22-16-11-10-14(3)17(12-16)29(27,28)21-4/h5-13,18,21H,1-4H3,(H,22,25)(H2,23,24,26). The number of carbonyl (C=O) groups excluding carboxylic acids is 2. The fourth-order valence-corrected chi connectivity index (χ4v) is 3.66. The molecule has 8 nitrogen and oxygen atoms in total. The maximum Gasteiger partial charge on any atom is 0.319 e. The first-order chi connectivity index (χ1) is 13.6. The number of hydrogen-bond donors (Lipinski definition) is 4. The molecule has 1 atom stereocenters. The highest BCUT2D eigenvalue weighted by atomic mass is 32.2. The SMILES string of the molecule is CNS(=O)(=O)c1cc(NC(=O)C(NC(=O)Nc2ccccc2)C(C)C)ccc1C. The van der Waals surface area contributed by atoms with Crippen molar-refractivity contribution in [2.45, 2.75) is 31.7 Å². The third kappa shape index (κ3) is 6.03. The van der Waals surface area contributed by atoms with Crippen LogP contribution in [0.25, 0.3) is 0 Å². The minimum atomic E-state index is -3.66. The minimum Gasteiger partial charge on any atom is -0.326 e. The monoisotopic (exact) mass is 418 g/mol. The Balaban J connectivity index is 2.14. The van der Waals surface area contributed by atoms with Gasteiger partial charge in [-0.15, -0.1) is 0 Å². The summed E-state index contributed by atoms with van der Waals surface area (Å²) in [7, 11) is -2.33. The Kier molecular flexibility index (Phi) is 7.35. The summed E-state index contributed by atoms with van der Waals surface area (Å²) in [5.74, 6) is -0.637. The second kappa shape index (κ2) is 9.53. The number of para-hydroxylation sites is 1. The summed E-state index contributed by atoms with van der Waals surface area (Å²) in [6, 6.07) is 12.2. The molecule has 0 saturated heterocycles. The number of sulfonamides is 1. The van der Waals surface area contributed by atoms with Crippen molar-refractivity contribution in [1.29, 1.82) is 0 Å². The van der Waals surface area contributed by atoms with Gasteiger partial charge in [-0.3, -0.25) is 4.79 Å². The fourth-order valence-electron chi connectivity index (χ4n) is 2.66. The lowest BCUT2D eigenvalue weighted by atomic mass is 10.0. The molecule has 0 fully saturated rings. The van der Waals surface area contributed by atoms with Crippen LogP contribution < -0.4 is 20.7 Å². The number of hydrogen-bond acceptors (Lipinski definition) is 4. The molecular formula is C20H26N4O4S. The van der Waals surface area contributed by atoms with Crippen LogP contribution in [-0.2, 0) is 14.8 Å². The summed E-state index contributed by atoms with van der Waals surface area (Å²) < 4.78 is 26.5. The van der Waals surface area contributed by atoms with Gasteiger partial charge in [0.2, 0.25) is 15.9 Å². The van der Waals surface area contributed by atoms with E-state index in [1.165, 1.54) is 13.1 Å². The van der Waals surface area contributed by atoms with Gasteiger partial charge < -0.3 is 16.0 Å². The molecule has 0 bridgehead atoms. The van der Waals surface area contributed by atoms with Crippen molar-refractivity contribution < 1.29 is 18.0 Å². The van der Waals surface area contributed by atoms with E-state index in [1.54, 1.807) is 57.2 Å². The van der Waals surface area contributed by atoms with Crippen LogP contribution in [0.1, 0.15) is 19.4 Å². The Hall–Kier alpha value is -2.91. The number of rotatable bonds is 7. The quantitative estimate of drug-likeness (QED) is 0.553. The first kappa shape index (κ1) is 22.4. The van der Waals surface area contributed by atoms with Crippen molar-refractivity contribution in [3.05, 3.63) is 54.1 Å². The zero-order chi connectivity index (χ0) is 21.6. The smallest absolute Gasteiger partial charge is 0.319 e. The van der Waals surface area contributed by atoms with Gasteiger partial charge >= 0.3 is 6.03 Å². The van der Waals surface area contributed by atoms with Crippen LogP contribution in [-0.4, -0.2) is 33.4 Å². The van der Waals surface area contributed by atoms with E-state index in [2.05, 4.69) is 20.7 Å². The molecule has 0 aliphatic rings. The zero-order valence-corrected chi connectivity index (χ0v) is 17.6. The van der Waals surface area contributed by atoms with E-state index in [9.17, 15) is 18.0 Å². The average molecular weight is 419 g/mol. The molecular weight excluding hydrogens is 392 g/mol. The predicted octanol–water partition coefficient (Wildman–Crippen LogP) is 2.69. The van der Waals surface area contributed by atoms with E-state index in [-0.39, 0.29) is 10.8 Å². The molecule has 29 heavy (non-hydrogen) atoms. The van der Waals surface area contributed by atoms with E-state index in [0.29, 0.717) is 16.9 Å². The van der Waals surface area contributed by atoms with Gasteiger partial charge in [-0.25, -0.2) is 17.9 Å². The number of carbonyl (C=O) groups is 2. The molecule has 3 amide bonds. The van der Waals surface area contributed by atoms with Gasteiger partial charge in [0.15, 0.2) is 0 Å². The van der Waals surface area contributed by atoms with Crippen molar-refractivity contribution in [3.63, 3.8) is 0 Å². The number of amides is 3. The third-order valence-electron chi connectivity index (χ3n) is 4.28. The van der Waals surface area contributed by atoms with E-state index in [4.69, 9.17) is 0 Å². The van der Waals surface area contributed by atoms with E-state index >= 15 is 0 Å². The minimum absolute atomic E-state index is 0.0775. The number of anilines is 2. The van der Waals surface area contributed by atoms with Crippen molar-refractivity contribution >= 4 is 33.3 Å². The molecule has 2 aromatic carbocycles. The molecule has 1 unspecified atom stereocenters. The second-order valence-electron chi connectivity index (χ2n) is 6.86. The number of aryl methyl sites for hydroxylation is 1. The van der Waals surface area contributed by atoms with Crippen molar-refractivity contribution in [3.8, 4) is 0 Å². The molecule has 0 saturated carbocycles. The molecule has 2 aromatic rings. The van der Waals surface area contributed by atoms with Crippen LogP contribution in [0.5, 0.6) is 0 Å². The number of benzene rings is 2. The highest BCUT2D eigenvalue weighted by Gasteiger charge is 2.25. The van der Waals surface area contributed by atoms with Gasteiger partial charge in [0.1, 0.15) is 6.04 Å². The maximum absolute atomic E-state index is 12.7. The Bertz CT molecular complexity index is 975. The van der Waals surface area contributed by atoms with E-state index in [1.807, 2.05) is 6.07 Å². The van der Waals surface area contributed by atoms with Gasteiger partial charge in [0.25, 0.3) is 0 Å². The van der Waals surface area contributed by atoms with Crippen molar-refractivity contribution in [2.24, 2.45) is 5.92 Å². The summed E-state index contributed by atoms with van der Waals surface area (Å²) in [6.45, 7) is 5.28. The maximum atomic E-state index is 12.7. The number of urea groups is 1. The first-order valence-electron chi connectivity index (χ1n) is 9.11. The normalized spacial score (nSPS) is 12.3. The topological polar surface area (TPSA) is 116 Å². The van der Waals surface area contributed by atoms with Crippen LogP contribution in [0.2, 0.25) is 0 Å². The Labute approximate surface area is 171 Å². The Morgan fingerprint density at radius 3 is 2.17 bits per heavy atom. The highest BCUT2D eigenvalue weighted by Crippen LogP contribution is 2.20.